The van der Waals surface area contributed by atoms with Crippen LogP contribution in [0.1, 0.15) is 27.2 Å². The Bertz CT molecular complexity index is 1440. The van der Waals surface area contributed by atoms with Crippen LogP contribution in [0.25, 0.3) is 10.9 Å². The third-order valence-corrected chi connectivity index (χ3v) is 7.01. The van der Waals surface area contributed by atoms with E-state index < -0.39 is 11.7 Å². The van der Waals surface area contributed by atoms with E-state index in [1.807, 2.05) is 51.9 Å². The van der Waals surface area contributed by atoms with Crippen LogP contribution in [-0.2, 0) is 19.3 Å². The van der Waals surface area contributed by atoms with Gasteiger partial charge in [0.05, 0.1) is 11.1 Å². The average Bonchev–Trinajstić information content (AvgIpc) is 3.31. The van der Waals surface area contributed by atoms with E-state index in [2.05, 4.69) is 23.6 Å². The molecule has 0 aliphatic carbocycles. The maximum atomic E-state index is 13.8. The number of benzene rings is 3. The molecule has 0 saturated carbocycles. The summed E-state index contributed by atoms with van der Waals surface area (Å²) in [6.07, 6.45) is -2.75. The van der Waals surface area contributed by atoms with Crippen LogP contribution in [-0.4, -0.2) is 53.1 Å². The summed E-state index contributed by atoms with van der Waals surface area (Å²) in [5.74, 6) is 0.521. The van der Waals surface area contributed by atoms with E-state index in [4.69, 9.17) is 4.74 Å². The maximum absolute atomic E-state index is 13.8. The molecule has 39 heavy (non-hydrogen) atoms. The van der Waals surface area contributed by atoms with E-state index in [1.165, 1.54) is 17.7 Å². The number of ether oxygens (including phenoxy) is 1. The average molecular weight is 534 g/mol. The number of piperazine rings is 1. The van der Waals surface area contributed by atoms with Crippen molar-refractivity contribution < 1.29 is 22.7 Å². The van der Waals surface area contributed by atoms with Crippen molar-refractivity contribution >= 4 is 16.8 Å². The topological polar surface area (TPSA) is 37.7 Å². The highest BCUT2D eigenvalue weighted by atomic mass is 19.4. The van der Waals surface area contributed by atoms with E-state index in [0.717, 1.165) is 42.7 Å². The molecular formula is C31H30F3N3O2. The summed E-state index contributed by atoms with van der Waals surface area (Å²) in [7, 11) is 0. The highest BCUT2D eigenvalue weighted by Gasteiger charge is 2.30. The zero-order valence-corrected chi connectivity index (χ0v) is 21.5. The summed E-state index contributed by atoms with van der Waals surface area (Å²) in [5.41, 5.74) is 2.47. The molecule has 1 saturated heterocycles. The van der Waals surface area contributed by atoms with Gasteiger partial charge in [0.25, 0.3) is 5.91 Å². The number of carbonyl (C=O) groups is 1. The Morgan fingerprint density at radius 2 is 1.56 bits per heavy atom. The second kappa shape index (κ2) is 11.4. The standard InChI is InChI=1S/C31H30F3N3O2/c1-2-19-39-29-10-6-9-27-26(29)20-28(37(27)22-24-11-13-25(14-12-24)31(32,33)34)30(38)36-17-15-35(16-18-36)21-23-7-4-3-5-8-23/h2-14,20H,1,15-19,21-22H2. The molecule has 1 amide bonds. The van der Waals surface area contributed by atoms with Crippen LogP contribution in [0.15, 0.2) is 91.5 Å². The SMILES string of the molecule is C=CCOc1cccc2c1cc(C(=O)N1CCN(Cc3ccccc3)CC1)n2Cc1ccc(C(F)(F)F)cc1. The molecule has 0 bridgehead atoms. The molecule has 5 nitrogen and oxygen atoms in total. The Morgan fingerprint density at radius 3 is 2.23 bits per heavy atom. The largest absolute Gasteiger partial charge is 0.489 e. The highest BCUT2D eigenvalue weighted by molar-refractivity contribution is 6.00. The molecular weight excluding hydrogens is 503 g/mol. The van der Waals surface area contributed by atoms with Crippen molar-refractivity contribution in [1.82, 2.24) is 14.4 Å². The number of aromatic nitrogens is 1. The van der Waals surface area contributed by atoms with Crippen LogP contribution >= 0.6 is 0 Å². The summed E-state index contributed by atoms with van der Waals surface area (Å²) in [4.78, 5) is 18.0. The van der Waals surface area contributed by atoms with Gasteiger partial charge in [-0.15, -0.1) is 0 Å². The molecule has 5 rings (SSSR count). The first-order valence-corrected chi connectivity index (χ1v) is 12.9. The summed E-state index contributed by atoms with van der Waals surface area (Å²) < 4.78 is 47.0. The normalized spacial score (nSPS) is 14.5. The van der Waals surface area contributed by atoms with Gasteiger partial charge in [-0.05, 0) is 41.5 Å². The Kier molecular flexibility index (Phi) is 7.74. The third-order valence-electron chi connectivity index (χ3n) is 7.01. The van der Waals surface area contributed by atoms with Gasteiger partial charge in [-0.2, -0.15) is 13.2 Å². The van der Waals surface area contributed by atoms with Crippen LogP contribution in [0.3, 0.4) is 0 Å². The number of carbonyl (C=O) groups excluding carboxylic acids is 1. The Morgan fingerprint density at radius 1 is 0.872 bits per heavy atom. The van der Waals surface area contributed by atoms with Gasteiger partial charge in [0.2, 0.25) is 0 Å². The monoisotopic (exact) mass is 533 g/mol. The third kappa shape index (κ3) is 6.01. The lowest BCUT2D eigenvalue weighted by Gasteiger charge is -2.35. The molecule has 1 fully saturated rings. The molecule has 4 aromatic rings. The second-order valence-electron chi connectivity index (χ2n) is 9.65. The molecule has 8 heteroatoms. The van der Waals surface area contributed by atoms with Crippen LogP contribution < -0.4 is 4.74 Å². The lowest BCUT2D eigenvalue weighted by molar-refractivity contribution is -0.137. The Labute approximate surface area is 225 Å². The Hall–Kier alpha value is -4.04. The lowest BCUT2D eigenvalue weighted by Crippen LogP contribution is -2.48. The van der Waals surface area contributed by atoms with Gasteiger partial charge in [0.15, 0.2) is 0 Å². The van der Waals surface area contributed by atoms with E-state index in [-0.39, 0.29) is 12.5 Å². The first-order valence-electron chi connectivity index (χ1n) is 12.9. The van der Waals surface area contributed by atoms with Crippen molar-refractivity contribution in [3.8, 4) is 5.75 Å². The first-order chi connectivity index (χ1) is 18.8. The molecule has 0 N–H and O–H groups in total. The summed E-state index contributed by atoms with van der Waals surface area (Å²) >= 11 is 0. The van der Waals surface area contributed by atoms with Crippen molar-refractivity contribution in [2.45, 2.75) is 19.3 Å². The predicted molar refractivity (Wildman–Crippen MR) is 146 cm³/mol. The number of amides is 1. The molecule has 202 valence electrons. The fraction of sp³-hybridized carbons (Fsp3) is 0.258. The molecule has 1 aliphatic rings. The van der Waals surface area contributed by atoms with Crippen LogP contribution in [0.4, 0.5) is 13.2 Å². The van der Waals surface area contributed by atoms with E-state index >= 15 is 0 Å². The number of hydrogen-bond donors (Lipinski definition) is 0. The number of alkyl halides is 3. The number of hydrogen-bond acceptors (Lipinski definition) is 3. The van der Waals surface area contributed by atoms with Gasteiger partial charge in [0, 0.05) is 44.7 Å². The second-order valence-corrected chi connectivity index (χ2v) is 9.65. The number of rotatable bonds is 8. The number of halogens is 3. The van der Waals surface area contributed by atoms with E-state index in [0.29, 0.717) is 36.7 Å². The minimum Gasteiger partial charge on any atom is -0.489 e. The number of nitrogens with zero attached hydrogens (tertiary/aromatic N) is 3. The molecule has 2 heterocycles. The van der Waals surface area contributed by atoms with Gasteiger partial charge in [-0.1, -0.05) is 61.2 Å². The first kappa shape index (κ1) is 26.6. The van der Waals surface area contributed by atoms with E-state index in [1.54, 1.807) is 6.08 Å². The zero-order valence-electron chi connectivity index (χ0n) is 21.5. The summed E-state index contributed by atoms with van der Waals surface area (Å²) in [6, 6.07) is 22.7. The van der Waals surface area contributed by atoms with Crippen molar-refractivity contribution in [3.63, 3.8) is 0 Å². The summed E-state index contributed by atoms with van der Waals surface area (Å²) in [5, 5.41) is 0.775. The Balaban J connectivity index is 1.41. The van der Waals surface area contributed by atoms with Crippen molar-refractivity contribution in [1.29, 1.82) is 0 Å². The molecule has 3 aromatic carbocycles. The smallest absolute Gasteiger partial charge is 0.416 e. The van der Waals surface area contributed by atoms with Crippen LogP contribution in [0.5, 0.6) is 5.75 Å². The maximum Gasteiger partial charge on any atom is 0.416 e. The zero-order chi connectivity index (χ0) is 27.4. The molecule has 0 unspecified atom stereocenters. The highest BCUT2D eigenvalue weighted by Crippen LogP contribution is 2.32. The molecule has 1 aliphatic heterocycles. The predicted octanol–water partition coefficient (Wildman–Crippen LogP) is 6.23. The van der Waals surface area contributed by atoms with Gasteiger partial charge in [-0.25, -0.2) is 0 Å². The molecule has 1 aromatic heterocycles. The van der Waals surface area contributed by atoms with Crippen molar-refractivity contribution in [2.75, 3.05) is 32.8 Å². The minimum absolute atomic E-state index is 0.104. The molecule has 0 spiro atoms. The fourth-order valence-electron chi connectivity index (χ4n) is 4.97. The number of fused-ring (bicyclic) bond motifs is 1. The fourth-order valence-corrected chi connectivity index (χ4v) is 4.97. The van der Waals surface area contributed by atoms with Gasteiger partial charge in [-0.3, -0.25) is 9.69 Å². The quantitative estimate of drug-likeness (QED) is 0.252. The van der Waals surface area contributed by atoms with Gasteiger partial charge >= 0.3 is 6.18 Å². The van der Waals surface area contributed by atoms with Crippen LogP contribution in [0, 0.1) is 0 Å². The molecule has 0 atom stereocenters. The van der Waals surface area contributed by atoms with Gasteiger partial charge in [0.1, 0.15) is 18.1 Å². The minimum atomic E-state index is -4.40. The van der Waals surface area contributed by atoms with Crippen molar-refractivity contribution in [3.05, 3.63) is 114 Å². The van der Waals surface area contributed by atoms with Crippen LogP contribution in [0.2, 0.25) is 0 Å². The van der Waals surface area contributed by atoms with E-state index in [9.17, 15) is 18.0 Å². The van der Waals surface area contributed by atoms with Crippen molar-refractivity contribution in [2.24, 2.45) is 0 Å². The van der Waals surface area contributed by atoms with Gasteiger partial charge < -0.3 is 14.2 Å². The lowest BCUT2D eigenvalue weighted by atomic mass is 10.1. The molecule has 0 radical (unpaired) electrons. The summed E-state index contributed by atoms with van der Waals surface area (Å²) in [6.45, 7) is 7.80.